The zero-order chi connectivity index (χ0) is 16.8. The molecule has 1 fully saturated rings. The van der Waals surface area contributed by atoms with Crippen molar-refractivity contribution < 1.29 is 14.3 Å². The van der Waals surface area contributed by atoms with Gasteiger partial charge < -0.3 is 10.0 Å². The summed E-state index contributed by atoms with van der Waals surface area (Å²) in [5.74, 6) is 1.02. The molecule has 0 saturated carbocycles. The van der Waals surface area contributed by atoms with Gasteiger partial charge in [-0.25, -0.2) is 4.39 Å². The number of nitrogens with zero attached hydrogens (tertiary/aromatic N) is 1. The van der Waals surface area contributed by atoms with Gasteiger partial charge in [0.25, 0.3) is 0 Å². The Kier molecular flexibility index (Phi) is 6.58. The molecule has 1 saturated heterocycles. The van der Waals surface area contributed by atoms with Crippen LogP contribution in [-0.2, 0) is 11.2 Å². The zero-order valence-corrected chi connectivity index (χ0v) is 14.2. The van der Waals surface area contributed by atoms with E-state index < -0.39 is 0 Å². The molecule has 1 aliphatic rings. The van der Waals surface area contributed by atoms with Gasteiger partial charge in [-0.05, 0) is 54.7 Å². The maximum atomic E-state index is 13.2. The Bertz CT molecular complexity index is 512. The highest BCUT2D eigenvalue weighted by Gasteiger charge is 2.26. The first-order chi connectivity index (χ1) is 11.0. The molecule has 0 aliphatic carbocycles. The van der Waals surface area contributed by atoms with Gasteiger partial charge in [0.15, 0.2) is 0 Å². The molecule has 1 aromatic carbocycles. The Morgan fingerprint density at radius 2 is 2.04 bits per heavy atom. The normalized spacial score (nSPS) is 18.7. The third kappa shape index (κ3) is 5.31. The fourth-order valence-corrected chi connectivity index (χ4v) is 3.43. The summed E-state index contributed by atoms with van der Waals surface area (Å²) < 4.78 is 13.2. The second-order valence-electron chi connectivity index (χ2n) is 7.02. The second-order valence-corrected chi connectivity index (χ2v) is 7.02. The number of rotatable bonds is 6. The van der Waals surface area contributed by atoms with Crippen LogP contribution in [0.25, 0.3) is 0 Å². The summed E-state index contributed by atoms with van der Waals surface area (Å²) in [6.07, 6.45) is 3.19. The molecule has 0 bridgehead atoms. The average Bonchev–Trinajstić information content (AvgIpc) is 2.54. The van der Waals surface area contributed by atoms with Crippen molar-refractivity contribution in [1.82, 2.24) is 4.90 Å². The minimum Gasteiger partial charge on any atom is -0.396 e. The number of likely N-dealkylation sites (tertiary alicyclic amines) is 1. The second kappa shape index (κ2) is 8.44. The van der Waals surface area contributed by atoms with Gasteiger partial charge in [-0.2, -0.15) is 0 Å². The third-order valence-electron chi connectivity index (χ3n) is 4.98. The number of amides is 1. The van der Waals surface area contributed by atoms with Crippen molar-refractivity contribution in [3.63, 3.8) is 0 Å². The predicted octanol–water partition coefficient (Wildman–Crippen LogP) is 3.26. The molecule has 0 aromatic heterocycles. The van der Waals surface area contributed by atoms with E-state index in [9.17, 15) is 14.3 Å². The van der Waals surface area contributed by atoms with Crippen LogP contribution in [-0.4, -0.2) is 35.6 Å². The minimum absolute atomic E-state index is 0.198. The lowest BCUT2D eigenvalue weighted by Crippen LogP contribution is -2.40. The van der Waals surface area contributed by atoms with Crippen LogP contribution in [0.1, 0.15) is 38.7 Å². The number of aliphatic hydroxyl groups excluding tert-OH is 1. The Morgan fingerprint density at radius 3 is 2.65 bits per heavy atom. The summed E-state index contributed by atoms with van der Waals surface area (Å²) in [6.45, 7) is 5.93. The lowest BCUT2D eigenvalue weighted by molar-refractivity contribution is -0.133. The van der Waals surface area contributed by atoms with E-state index in [0.717, 1.165) is 37.9 Å². The van der Waals surface area contributed by atoms with E-state index in [2.05, 4.69) is 6.92 Å². The van der Waals surface area contributed by atoms with Gasteiger partial charge in [0.2, 0.25) is 5.91 Å². The van der Waals surface area contributed by atoms with Crippen molar-refractivity contribution in [1.29, 1.82) is 0 Å². The molecule has 0 spiro atoms. The van der Waals surface area contributed by atoms with Crippen LogP contribution in [0.2, 0.25) is 0 Å². The summed E-state index contributed by atoms with van der Waals surface area (Å²) in [5.41, 5.74) is 0.945. The lowest BCUT2D eigenvalue weighted by atomic mass is 9.85. The summed E-state index contributed by atoms with van der Waals surface area (Å²) >= 11 is 0. The van der Waals surface area contributed by atoms with Crippen LogP contribution < -0.4 is 0 Å². The molecule has 1 aromatic rings. The van der Waals surface area contributed by atoms with Gasteiger partial charge in [-0.3, -0.25) is 4.79 Å². The van der Waals surface area contributed by atoms with Crippen LogP contribution in [0.5, 0.6) is 0 Å². The van der Waals surface area contributed by atoms with E-state index >= 15 is 0 Å². The van der Waals surface area contributed by atoms with Gasteiger partial charge in [-0.1, -0.05) is 26.0 Å². The number of aliphatic hydroxyl groups is 1. The van der Waals surface area contributed by atoms with Gasteiger partial charge in [0.05, 0.1) is 0 Å². The summed E-state index contributed by atoms with van der Waals surface area (Å²) in [6, 6.07) is 6.61. The van der Waals surface area contributed by atoms with Crippen LogP contribution in [0, 0.1) is 23.6 Å². The molecule has 1 N–H and O–H groups in total. The van der Waals surface area contributed by atoms with Gasteiger partial charge in [0.1, 0.15) is 5.82 Å². The van der Waals surface area contributed by atoms with Gasteiger partial charge in [-0.15, -0.1) is 0 Å². The monoisotopic (exact) mass is 321 g/mol. The molecule has 1 amide bonds. The molecule has 1 heterocycles. The molecular formula is C19H28FNO2. The smallest absolute Gasteiger partial charge is 0.222 e. The van der Waals surface area contributed by atoms with Crippen LogP contribution in [0.3, 0.4) is 0 Å². The summed E-state index contributed by atoms with van der Waals surface area (Å²) in [4.78, 5) is 14.4. The molecule has 23 heavy (non-hydrogen) atoms. The number of carbonyl (C=O) groups excluding carboxylic acids is 1. The maximum absolute atomic E-state index is 13.2. The van der Waals surface area contributed by atoms with E-state index in [0.29, 0.717) is 18.3 Å². The average molecular weight is 321 g/mol. The molecule has 2 rings (SSSR count). The highest BCUT2D eigenvalue weighted by atomic mass is 19.1. The molecule has 1 aliphatic heterocycles. The van der Waals surface area contributed by atoms with Crippen LogP contribution >= 0.6 is 0 Å². The van der Waals surface area contributed by atoms with Crippen molar-refractivity contribution in [2.45, 2.75) is 39.5 Å². The molecule has 2 atom stereocenters. The maximum Gasteiger partial charge on any atom is 0.222 e. The third-order valence-corrected chi connectivity index (χ3v) is 4.98. The van der Waals surface area contributed by atoms with E-state index in [1.165, 1.54) is 6.07 Å². The quantitative estimate of drug-likeness (QED) is 0.873. The molecular weight excluding hydrogens is 293 g/mol. The zero-order valence-electron chi connectivity index (χ0n) is 14.2. The molecule has 0 radical (unpaired) electrons. The lowest BCUT2D eigenvalue weighted by Gasteiger charge is -2.35. The van der Waals surface area contributed by atoms with E-state index in [-0.39, 0.29) is 24.2 Å². The van der Waals surface area contributed by atoms with Crippen molar-refractivity contribution >= 4 is 5.91 Å². The van der Waals surface area contributed by atoms with Gasteiger partial charge in [0, 0.05) is 26.1 Å². The van der Waals surface area contributed by atoms with Crippen LogP contribution in [0.15, 0.2) is 24.3 Å². The standard InChI is InChI=1S/C19H28FNO2/c1-14(10-16-4-3-5-18(20)12-16)11-19(23)21-8-6-17(7-9-21)15(2)13-22/h3-5,12,14-15,17,22H,6-11,13H2,1-2H3. The Balaban J connectivity index is 1.78. The van der Waals surface area contributed by atoms with Crippen molar-refractivity contribution in [2.24, 2.45) is 17.8 Å². The van der Waals surface area contributed by atoms with Crippen molar-refractivity contribution in [3.05, 3.63) is 35.6 Å². The Morgan fingerprint density at radius 1 is 1.35 bits per heavy atom. The summed E-state index contributed by atoms with van der Waals surface area (Å²) in [5, 5.41) is 9.23. The van der Waals surface area contributed by atoms with Crippen molar-refractivity contribution in [2.75, 3.05) is 19.7 Å². The Hall–Kier alpha value is -1.42. The Labute approximate surface area is 138 Å². The molecule has 2 unspecified atom stereocenters. The number of piperidine rings is 1. The fraction of sp³-hybridized carbons (Fsp3) is 0.632. The fourth-order valence-electron chi connectivity index (χ4n) is 3.43. The molecule has 4 heteroatoms. The SMILES string of the molecule is CC(CC(=O)N1CCC(C(C)CO)CC1)Cc1cccc(F)c1. The number of benzene rings is 1. The molecule has 3 nitrogen and oxygen atoms in total. The first kappa shape index (κ1) is 17.9. The number of hydrogen-bond donors (Lipinski definition) is 1. The minimum atomic E-state index is -0.221. The highest BCUT2D eigenvalue weighted by Crippen LogP contribution is 2.25. The number of halogens is 1. The predicted molar refractivity (Wildman–Crippen MR) is 89.4 cm³/mol. The van der Waals surface area contributed by atoms with Crippen molar-refractivity contribution in [3.8, 4) is 0 Å². The number of carbonyl (C=O) groups is 1. The summed E-state index contributed by atoms with van der Waals surface area (Å²) in [7, 11) is 0. The first-order valence-electron chi connectivity index (χ1n) is 8.62. The molecule has 128 valence electrons. The van der Waals surface area contributed by atoms with E-state index in [1.54, 1.807) is 12.1 Å². The van der Waals surface area contributed by atoms with Gasteiger partial charge >= 0.3 is 0 Å². The first-order valence-corrected chi connectivity index (χ1v) is 8.62. The van der Waals surface area contributed by atoms with E-state index in [1.807, 2.05) is 17.9 Å². The van der Waals surface area contributed by atoms with E-state index in [4.69, 9.17) is 0 Å². The highest BCUT2D eigenvalue weighted by molar-refractivity contribution is 5.76. The largest absolute Gasteiger partial charge is 0.396 e. The topological polar surface area (TPSA) is 40.5 Å². The number of hydrogen-bond acceptors (Lipinski definition) is 2. The van der Waals surface area contributed by atoms with Crippen LogP contribution in [0.4, 0.5) is 4.39 Å².